The highest BCUT2D eigenvalue weighted by molar-refractivity contribution is 5.83. The first-order valence-electron chi connectivity index (χ1n) is 6.47. The molecule has 20 heavy (non-hydrogen) atoms. The fourth-order valence-electron chi connectivity index (χ4n) is 1.87. The van der Waals surface area contributed by atoms with Crippen LogP contribution in [0.5, 0.6) is 0 Å². The van der Waals surface area contributed by atoms with Crippen molar-refractivity contribution >= 4 is 18.0 Å². The van der Waals surface area contributed by atoms with Crippen LogP contribution in [-0.2, 0) is 14.3 Å². The van der Waals surface area contributed by atoms with Crippen LogP contribution in [0, 0.1) is 0 Å². The number of nitrogens with zero attached hydrogens (tertiary/aromatic N) is 2. The fraction of sp³-hybridized carbons (Fsp3) is 0.750. The number of nitrogens with one attached hydrogen (secondary N) is 1. The highest BCUT2D eigenvalue weighted by atomic mass is 16.5. The number of carboxylic acid groups (broad SMARTS) is 1. The number of carbonyl (C=O) groups is 3. The van der Waals surface area contributed by atoms with E-state index in [0.717, 1.165) is 13.1 Å². The lowest BCUT2D eigenvalue weighted by atomic mass is 10.1. The van der Waals surface area contributed by atoms with Crippen molar-refractivity contribution in [2.75, 3.05) is 40.3 Å². The average molecular weight is 287 g/mol. The zero-order valence-electron chi connectivity index (χ0n) is 11.8. The molecule has 0 aliphatic carbocycles. The summed E-state index contributed by atoms with van der Waals surface area (Å²) in [5.41, 5.74) is 0. The number of carboxylic acids is 1. The molecule has 1 saturated heterocycles. The van der Waals surface area contributed by atoms with Gasteiger partial charge in [-0.25, -0.2) is 9.59 Å². The minimum Gasteiger partial charge on any atom is -0.480 e. The van der Waals surface area contributed by atoms with Gasteiger partial charge in [0.2, 0.25) is 0 Å². The third kappa shape index (κ3) is 5.04. The van der Waals surface area contributed by atoms with E-state index in [4.69, 9.17) is 5.11 Å². The van der Waals surface area contributed by atoms with Crippen LogP contribution >= 0.6 is 0 Å². The molecule has 0 aromatic carbocycles. The normalized spacial score (nSPS) is 17.4. The first-order valence-corrected chi connectivity index (χ1v) is 6.47. The Hall–Kier alpha value is -1.83. The number of aliphatic carboxylic acids is 1. The summed E-state index contributed by atoms with van der Waals surface area (Å²) in [6.45, 7) is 2.64. The van der Waals surface area contributed by atoms with Crippen molar-refractivity contribution in [1.82, 2.24) is 15.1 Å². The molecule has 0 spiro atoms. The van der Waals surface area contributed by atoms with Crippen LogP contribution in [0.3, 0.4) is 0 Å². The van der Waals surface area contributed by atoms with E-state index in [0.29, 0.717) is 13.1 Å². The van der Waals surface area contributed by atoms with E-state index in [1.165, 1.54) is 7.11 Å². The summed E-state index contributed by atoms with van der Waals surface area (Å²) in [6.07, 6.45) is -0.0298. The molecule has 1 heterocycles. The SMILES string of the molecule is COC(=O)CC[C@@H](NC(=O)N1CCN(C)CC1)C(=O)O. The summed E-state index contributed by atoms with van der Waals surface area (Å²) < 4.78 is 4.45. The molecule has 1 rings (SSSR count). The van der Waals surface area contributed by atoms with E-state index in [2.05, 4.69) is 15.0 Å². The number of amides is 2. The molecule has 0 bridgehead atoms. The Bertz CT molecular complexity index is 366. The van der Waals surface area contributed by atoms with Crippen LogP contribution in [0.2, 0.25) is 0 Å². The largest absolute Gasteiger partial charge is 0.480 e. The van der Waals surface area contributed by atoms with Crippen molar-refractivity contribution in [3.05, 3.63) is 0 Å². The van der Waals surface area contributed by atoms with Crippen LogP contribution in [0.1, 0.15) is 12.8 Å². The molecule has 0 aromatic heterocycles. The number of rotatable bonds is 5. The number of piperazine rings is 1. The van der Waals surface area contributed by atoms with E-state index < -0.39 is 24.0 Å². The van der Waals surface area contributed by atoms with E-state index in [9.17, 15) is 14.4 Å². The maximum absolute atomic E-state index is 12.0. The smallest absolute Gasteiger partial charge is 0.326 e. The molecular formula is C12H21N3O5. The van der Waals surface area contributed by atoms with Gasteiger partial charge in [-0.3, -0.25) is 4.79 Å². The van der Waals surface area contributed by atoms with Gasteiger partial charge in [0.1, 0.15) is 6.04 Å². The topological polar surface area (TPSA) is 99.2 Å². The number of methoxy groups -OCH3 is 1. The van der Waals surface area contributed by atoms with Crippen molar-refractivity contribution in [2.24, 2.45) is 0 Å². The molecule has 2 N–H and O–H groups in total. The number of esters is 1. The Balaban J connectivity index is 2.46. The number of hydrogen-bond donors (Lipinski definition) is 2. The zero-order valence-corrected chi connectivity index (χ0v) is 11.8. The van der Waals surface area contributed by atoms with E-state index in [1.807, 2.05) is 7.05 Å². The first-order chi connectivity index (χ1) is 9.43. The summed E-state index contributed by atoms with van der Waals surface area (Å²) in [5.74, 6) is -1.65. The van der Waals surface area contributed by atoms with Crippen molar-refractivity contribution < 1.29 is 24.2 Å². The van der Waals surface area contributed by atoms with Crippen molar-refractivity contribution in [3.63, 3.8) is 0 Å². The highest BCUT2D eigenvalue weighted by Crippen LogP contribution is 2.03. The van der Waals surface area contributed by atoms with Gasteiger partial charge in [-0.2, -0.15) is 0 Å². The predicted molar refractivity (Wildman–Crippen MR) is 70.3 cm³/mol. The molecule has 1 fully saturated rings. The van der Waals surface area contributed by atoms with Gasteiger partial charge in [0.15, 0.2) is 0 Å². The quantitative estimate of drug-likeness (QED) is 0.652. The van der Waals surface area contributed by atoms with Gasteiger partial charge in [-0.1, -0.05) is 0 Å². The van der Waals surface area contributed by atoms with E-state index in [-0.39, 0.29) is 12.8 Å². The van der Waals surface area contributed by atoms with Gasteiger partial charge >= 0.3 is 18.0 Å². The van der Waals surface area contributed by atoms with Crippen molar-refractivity contribution in [1.29, 1.82) is 0 Å². The number of urea groups is 1. The Morgan fingerprint density at radius 3 is 2.35 bits per heavy atom. The summed E-state index contributed by atoms with van der Waals surface area (Å²) in [5, 5.41) is 11.5. The number of hydrogen-bond acceptors (Lipinski definition) is 5. The van der Waals surface area contributed by atoms with Gasteiger partial charge < -0.3 is 25.0 Å². The molecule has 2 amide bonds. The summed E-state index contributed by atoms with van der Waals surface area (Å²) in [6, 6.07) is -1.49. The molecule has 0 aromatic rings. The maximum Gasteiger partial charge on any atom is 0.326 e. The van der Waals surface area contributed by atoms with Crippen molar-refractivity contribution in [2.45, 2.75) is 18.9 Å². The van der Waals surface area contributed by atoms with Gasteiger partial charge in [0, 0.05) is 32.6 Å². The molecule has 0 saturated carbocycles. The molecule has 8 nitrogen and oxygen atoms in total. The number of ether oxygens (including phenoxy) is 1. The minimum absolute atomic E-state index is 0.0154. The average Bonchev–Trinajstić information content (AvgIpc) is 2.43. The standard InChI is InChI=1S/C12H21N3O5/c1-14-5-7-15(8-6-14)12(19)13-9(11(17)18)3-4-10(16)20-2/h9H,3-8H2,1-2H3,(H,13,19)(H,17,18)/t9-/m1/s1. The van der Waals surface area contributed by atoms with Crippen molar-refractivity contribution in [3.8, 4) is 0 Å². The van der Waals surface area contributed by atoms with Crippen LogP contribution in [0.25, 0.3) is 0 Å². The third-order valence-electron chi connectivity index (χ3n) is 3.25. The molecule has 0 radical (unpaired) electrons. The van der Waals surface area contributed by atoms with Crippen LogP contribution in [0.15, 0.2) is 0 Å². The Labute approximate surface area is 117 Å². The lowest BCUT2D eigenvalue weighted by Crippen LogP contribution is -2.54. The van der Waals surface area contributed by atoms with Gasteiger partial charge in [-0.15, -0.1) is 0 Å². The van der Waals surface area contributed by atoms with Crippen LogP contribution < -0.4 is 5.32 Å². The van der Waals surface area contributed by atoms with Crippen LogP contribution in [0.4, 0.5) is 4.79 Å². The summed E-state index contributed by atoms with van der Waals surface area (Å²) in [7, 11) is 3.20. The van der Waals surface area contributed by atoms with Gasteiger partial charge in [-0.05, 0) is 13.5 Å². The molecule has 1 atom stereocenters. The lowest BCUT2D eigenvalue weighted by molar-refractivity contribution is -0.142. The summed E-state index contributed by atoms with van der Waals surface area (Å²) in [4.78, 5) is 37.7. The van der Waals surface area contributed by atoms with E-state index >= 15 is 0 Å². The Morgan fingerprint density at radius 1 is 1.25 bits per heavy atom. The molecular weight excluding hydrogens is 266 g/mol. The second-order valence-corrected chi connectivity index (χ2v) is 4.75. The Morgan fingerprint density at radius 2 is 1.85 bits per heavy atom. The van der Waals surface area contributed by atoms with Gasteiger partial charge in [0.25, 0.3) is 0 Å². The van der Waals surface area contributed by atoms with E-state index in [1.54, 1.807) is 4.90 Å². The zero-order chi connectivity index (χ0) is 15.1. The van der Waals surface area contributed by atoms with Gasteiger partial charge in [0.05, 0.1) is 7.11 Å². The van der Waals surface area contributed by atoms with Crippen LogP contribution in [-0.4, -0.2) is 79.3 Å². The second kappa shape index (κ2) is 7.68. The number of likely N-dealkylation sites (N-methyl/N-ethyl adjacent to an activating group) is 1. The highest BCUT2D eigenvalue weighted by Gasteiger charge is 2.25. The molecule has 1 aliphatic rings. The molecule has 0 unspecified atom stereocenters. The Kier molecular flexibility index (Phi) is 6.23. The lowest BCUT2D eigenvalue weighted by Gasteiger charge is -2.33. The maximum atomic E-state index is 12.0. The second-order valence-electron chi connectivity index (χ2n) is 4.75. The third-order valence-corrected chi connectivity index (χ3v) is 3.25. The molecule has 114 valence electrons. The fourth-order valence-corrected chi connectivity index (χ4v) is 1.87. The first kappa shape index (κ1) is 16.2. The number of carbonyl (C=O) groups excluding carboxylic acids is 2. The monoisotopic (exact) mass is 287 g/mol. The minimum atomic E-state index is -1.16. The molecule has 8 heteroatoms. The molecule has 1 aliphatic heterocycles. The summed E-state index contributed by atoms with van der Waals surface area (Å²) >= 11 is 0. The predicted octanol–water partition coefficient (Wildman–Crippen LogP) is -0.650.